The second-order valence-corrected chi connectivity index (χ2v) is 5.27. The van der Waals surface area contributed by atoms with Gasteiger partial charge < -0.3 is 28.7 Å². The summed E-state index contributed by atoms with van der Waals surface area (Å²) in [4.78, 5) is 25.9. The molecule has 11 nitrogen and oxygen atoms in total. The second kappa shape index (κ2) is 4.38. The Balaban J connectivity index is 2.40. The van der Waals surface area contributed by atoms with Crippen molar-refractivity contribution in [3.05, 3.63) is 5.69 Å². The molecule has 4 rings (SSSR count). The topological polar surface area (TPSA) is 207 Å². The number of hydrogen-bond acceptors (Lipinski definition) is 11. The van der Waals surface area contributed by atoms with Crippen LogP contribution in [0.5, 0.6) is 0 Å². The summed E-state index contributed by atoms with van der Waals surface area (Å²) in [6, 6.07) is 0. The van der Waals surface area contributed by atoms with Gasteiger partial charge in [-0.2, -0.15) is 0 Å². The van der Waals surface area contributed by atoms with Crippen molar-refractivity contribution in [2.45, 2.75) is 6.92 Å². The average Bonchev–Trinajstić information content (AvgIpc) is 2.53. The van der Waals surface area contributed by atoms with E-state index < -0.39 is 0 Å². The highest BCUT2D eigenvalue weighted by atomic mass is 15.0. The summed E-state index contributed by atoms with van der Waals surface area (Å²) in [6.07, 6.45) is 0. The Bertz CT molecular complexity index is 901. The van der Waals surface area contributed by atoms with Gasteiger partial charge in [0.15, 0.2) is 23.3 Å². The van der Waals surface area contributed by atoms with E-state index in [0.717, 1.165) is 0 Å². The molecule has 0 fully saturated rings. The first-order valence-electron chi connectivity index (χ1n) is 6.88. The molecule has 0 bridgehead atoms. The maximum atomic E-state index is 5.88. The number of nitrogens with zero attached hydrogens (tertiary/aromatic N) is 6. The van der Waals surface area contributed by atoms with Gasteiger partial charge in [-0.05, 0) is 6.92 Å². The van der Waals surface area contributed by atoms with Gasteiger partial charge in [0.1, 0.15) is 38.9 Å². The Morgan fingerprint density at radius 3 is 1.00 bits per heavy atom. The first-order chi connectivity index (χ1) is 11.4. The number of fused-ring (bicyclic) bond motifs is 6. The van der Waals surface area contributed by atoms with Crippen LogP contribution in [0.2, 0.25) is 0 Å². The standard InChI is InChI=1S/C13H13N11/c1-2-9(14)20-4-3(19-2)5-7(23-11(16)10(15)21-5)8-6(4)22-12(17)13(18)24-8/h1H3,(H2,14,20)(H2,15,21)(H2,16,23)(H2,17,22)(H2,18,24). The molecule has 10 N–H and O–H groups in total. The third kappa shape index (κ3) is 1.71. The minimum absolute atomic E-state index is 0.0633. The van der Waals surface area contributed by atoms with Crippen molar-refractivity contribution in [1.82, 2.24) is 29.9 Å². The van der Waals surface area contributed by atoms with Gasteiger partial charge in [0.05, 0.1) is 5.69 Å². The van der Waals surface area contributed by atoms with Crippen LogP contribution in [0.4, 0.5) is 29.1 Å². The Labute approximate surface area is 134 Å². The van der Waals surface area contributed by atoms with Gasteiger partial charge in [-0.1, -0.05) is 0 Å². The number of nitrogens with two attached hydrogens (primary N) is 5. The SMILES string of the molecule is Cc1nc2c(nc1N)c1nc(N)c(N)nc1c1nc(N)c(N)nc21. The zero-order valence-electron chi connectivity index (χ0n) is 12.6. The predicted molar refractivity (Wildman–Crippen MR) is 92.5 cm³/mol. The zero-order chi connectivity index (χ0) is 17.2. The van der Waals surface area contributed by atoms with Gasteiger partial charge in [0.2, 0.25) is 0 Å². The first-order valence-corrected chi connectivity index (χ1v) is 6.88. The molecule has 4 aromatic rings. The summed E-state index contributed by atoms with van der Waals surface area (Å²) in [6.45, 7) is 1.73. The molecular weight excluding hydrogens is 310 g/mol. The number of aromatic nitrogens is 6. The molecule has 0 atom stereocenters. The fourth-order valence-electron chi connectivity index (χ4n) is 2.45. The monoisotopic (exact) mass is 323 g/mol. The molecule has 0 unspecified atom stereocenters. The van der Waals surface area contributed by atoms with Gasteiger partial charge in [0.25, 0.3) is 0 Å². The van der Waals surface area contributed by atoms with E-state index >= 15 is 0 Å². The summed E-state index contributed by atoms with van der Waals surface area (Å²) in [5.41, 5.74) is 31.8. The molecule has 0 saturated heterocycles. The molecule has 0 saturated carbocycles. The Morgan fingerprint density at radius 2 is 0.667 bits per heavy atom. The fraction of sp³-hybridized carbons (Fsp3) is 0.0769. The summed E-state index contributed by atoms with van der Waals surface area (Å²) >= 11 is 0. The van der Waals surface area contributed by atoms with Gasteiger partial charge in [0, 0.05) is 0 Å². The lowest BCUT2D eigenvalue weighted by molar-refractivity contribution is 1.19. The highest BCUT2D eigenvalue weighted by Crippen LogP contribution is 2.32. The molecule has 3 aromatic heterocycles. The molecule has 0 aliphatic carbocycles. The summed E-state index contributed by atoms with van der Waals surface area (Å²) in [7, 11) is 0. The molecule has 0 spiro atoms. The lowest BCUT2D eigenvalue weighted by atomic mass is 10.2. The van der Waals surface area contributed by atoms with Crippen LogP contribution in [0.3, 0.4) is 0 Å². The molecule has 24 heavy (non-hydrogen) atoms. The molecular formula is C13H13N11. The molecule has 0 aliphatic heterocycles. The molecule has 3 heterocycles. The minimum Gasteiger partial charge on any atom is -0.382 e. The van der Waals surface area contributed by atoms with Crippen molar-refractivity contribution in [2.24, 2.45) is 0 Å². The predicted octanol–water partition coefficient (Wildman–Crippen LogP) is -0.264. The zero-order valence-corrected chi connectivity index (χ0v) is 12.6. The number of anilines is 5. The van der Waals surface area contributed by atoms with Crippen molar-refractivity contribution in [2.75, 3.05) is 28.7 Å². The van der Waals surface area contributed by atoms with E-state index in [1.807, 2.05) is 0 Å². The molecule has 0 amide bonds. The number of aryl methyl sites for hydroxylation is 1. The van der Waals surface area contributed by atoms with Gasteiger partial charge >= 0.3 is 0 Å². The summed E-state index contributed by atoms with van der Waals surface area (Å²) in [5, 5.41) is 0. The third-order valence-electron chi connectivity index (χ3n) is 3.68. The summed E-state index contributed by atoms with van der Waals surface area (Å²) in [5.74, 6) is 0.543. The van der Waals surface area contributed by atoms with E-state index in [4.69, 9.17) is 28.7 Å². The van der Waals surface area contributed by atoms with Crippen LogP contribution in [0.25, 0.3) is 33.1 Å². The molecule has 120 valence electrons. The lowest BCUT2D eigenvalue weighted by Crippen LogP contribution is -2.07. The number of nitrogen functional groups attached to an aromatic ring is 5. The second-order valence-electron chi connectivity index (χ2n) is 5.27. The van der Waals surface area contributed by atoms with Crippen LogP contribution in [-0.2, 0) is 0 Å². The maximum absolute atomic E-state index is 5.88. The molecule has 11 heteroatoms. The highest BCUT2D eigenvalue weighted by Gasteiger charge is 2.19. The lowest BCUT2D eigenvalue weighted by Gasteiger charge is -2.11. The Morgan fingerprint density at radius 1 is 0.417 bits per heavy atom. The molecule has 0 radical (unpaired) electrons. The van der Waals surface area contributed by atoms with Crippen LogP contribution in [0, 0.1) is 6.92 Å². The smallest absolute Gasteiger partial charge is 0.167 e. The minimum atomic E-state index is 0.0633. The average molecular weight is 323 g/mol. The van der Waals surface area contributed by atoms with Crippen molar-refractivity contribution in [1.29, 1.82) is 0 Å². The van der Waals surface area contributed by atoms with Crippen LogP contribution in [0.15, 0.2) is 0 Å². The van der Waals surface area contributed by atoms with Crippen molar-refractivity contribution in [3.8, 4) is 0 Å². The summed E-state index contributed by atoms with van der Waals surface area (Å²) < 4.78 is 0. The Hall–Kier alpha value is -3.76. The van der Waals surface area contributed by atoms with Crippen LogP contribution >= 0.6 is 0 Å². The van der Waals surface area contributed by atoms with E-state index in [1.54, 1.807) is 6.92 Å². The van der Waals surface area contributed by atoms with Crippen molar-refractivity contribution >= 4 is 62.2 Å². The van der Waals surface area contributed by atoms with Crippen LogP contribution < -0.4 is 28.7 Å². The molecule has 0 aliphatic rings. The van der Waals surface area contributed by atoms with Gasteiger partial charge in [-0.25, -0.2) is 29.9 Å². The maximum Gasteiger partial charge on any atom is 0.167 e. The quantitative estimate of drug-likeness (QED) is 0.266. The Kier molecular flexibility index (Phi) is 2.53. The van der Waals surface area contributed by atoms with Crippen molar-refractivity contribution in [3.63, 3.8) is 0 Å². The molecule has 1 aromatic carbocycles. The van der Waals surface area contributed by atoms with Gasteiger partial charge in [-0.3, -0.25) is 0 Å². The number of hydrogen-bond donors (Lipinski definition) is 5. The third-order valence-corrected chi connectivity index (χ3v) is 3.68. The van der Waals surface area contributed by atoms with Gasteiger partial charge in [-0.15, -0.1) is 0 Å². The number of rotatable bonds is 0. The fourth-order valence-corrected chi connectivity index (χ4v) is 2.45. The van der Waals surface area contributed by atoms with E-state index in [-0.39, 0.29) is 29.1 Å². The van der Waals surface area contributed by atoms with Crippen LogP contribution in [-0.4, -0.2) is 29.9 Å². The highest BCUT2D eigenvalue weighted by molar-refractivity contribution is 6.19. The van der Waals surface area contributed by atoms with E-state index in [9.17, 15) is 0 Å². The largest absolute Gasteiger partial charge is 0.382 e. The van der Waals surface area contributed by atoms with E-state index in [0.29, 0.717) is 38.8 Å². The van der Waals surface area contributed by atoms with E-state index in [2.05, 4.69) is 29.9 Å². The normalized spacial score (nSPS) is 11.5. The van der Waals surface area contributed by atoms with E-state index in [1.165, 1.54) is 0 Å². The van der Waals surface area contributed by atoms with Crippen LogP contribution in [0.1, 0.15) is 5.69 Å². The number of benzene rings is 1. The van der Waals surface area contributed by atoms with Crippen molar-refractivity contribution < 1.29 is 0 Å². The first kappa shape index (κ1) is 13.9.